The highest BCUT2D eigenvalue weighted by Gasteiger charge is 2.42. The number of likely N-dealkylation sites (tertiary alicyclic amines) is 1. The van der Waals surface area contributed by atoms with Crippen molar-refractivity contribution in [1.29, 1.82) is 0 Å². The van der Waals surface area contributed by atoms with Gasteiger partial charge in [0.25, 0.3) is 0 Å². The molecule has 5 rings (SSSR count). The van der Waals surface area contributed by atoms with Gasteiger partial charge in [-0.3, -0.25) is 57.5 Å². The molecule has 0 bridgehead atoms. The highest BCUT2D eigenvalue weighted by atomic mass is 35.5. The number of benzene rings is 3. The third-order valence-corrected chi connectivity index (χ3v) is 18.3. The van der Waals surface area contributed by atoms with Crippen LogP contribution in [0.15, 0.2) is 72.8 Å². The van der Waals surface area contributed by atoms with Crippen molar-refractivity contribution in [2.75, 3.05) is 82.1 Å². The molecule has 4 N–H and O–H groups in total. The molecule has 96 heavy (non-hydrogen) atoms. The van der Waals surface area contributed by atoms with Crippen molar-refractivity contribution in [3.05, 3.63) is 105 Å². The third kappa shape index (κ3) is 22.2. The summed E-state index contributed by atoms with van der Waals surface area (Å²) in [6, 6.07) is 8.02. The second-order valence-corrected chi connectivity index (χ2v) is 27.3. The normalized spacial score (nSPS) is 23.8. The number of hydrogen-bond acceptors (Lipinski definition) is 12. The monoisotopic (exact) mass is 1370 g/mol. The highest BCUT2D eigenvalue weighted by Crippen LogP contribution is 2.23. The summed E-state index contributed by atoms with van der Waals surface area (Å²) in [5.74, 6) is -10.6. The molecule has 1 unspecified atom stereocenters. The Morgan fingerprint density at radius 3 is 1.67 bits per heavy atom. The van der Waals surface area contributed by atoms with E-state index in [1.807, 2.05) is 13.8 Å². The van der Waals surface area contributed by atoms with Gasteiger partial charge in [-0.15, -0.1) is 0 Å². The zero-order chi connectivity index (χ0) is 71.6. The topological polar surface area (TPSA) is 279 Å². The smallest absolute Gasteiger partial charge is 0.246 e. The Bertz CT molecular complexity index is 3250. The second-order valence-electron chi connectivity index (χ2n) is 26.4. The largest absolute Gasteiger partial charge is 0.342 e. The molecule has 2 fully saturated rings. The minimum atomic E-state index is -1.56. The van der Waals surface area contributed by atoms with E-state index in [0.29, 0.717) is 48.5 Å². The van der Waals surface area contributed by atoms with Crippen molar-refractivity contribution in [3.63, 3.8) is 0 Å². The zero-order valence-electron chi connectivity index (χ0n) is 57.8. The summed E-state index contributed by atoms with van der Waals surface area (Å²) < 4.78 is 15.0. The predicted octanol–water partition coefficient (Wildman–Crippen LogP) is 3.97. The zero-order valence-corrected chi connectivity index (χ0v) is 59.3. The first-order valence-electron chi connectivity index (χ1n) is 32.6. The number of nitrogens with one attached hydrogen (secondary N) is 4. The molecule has 0 spiro atoms. The van der Waals surface area contributed by atoms with Crippen LogP contribution in [0.2, 0.25) is 10.0 Å². The van der Waals surface area contributed by atoms with Gasteiger partial charge in [0.1, 0.15) is 54.2 Å². The molecule has 526 valence electrons. The van der Waals surface area contributed by atoms with Gasteiger partial charge < -0.3 is 60.5 Å². The van der Waals surface area contributed by atoms with E-state index in [9.17, 15) is 43.2 Å². The average Bonchev–Trinajstić information content (AvgIpc) is 0.889. The maximum atomic E-state index is 15.5. The summed E-state index contributed by atoms with van der Waals surface area (Å²) in [6.07, 6.45) is 0.619. The van der Waals surface area contributed by atoms with Crippen molar-refractivity contribution < 1.29 is 61.9 Å². The molecule has 9 atom stereocenters. The summed E-state index contributed by atoms with van der Waals surface area (Å²) in [6.45, 7) is 11.1. The fourth-order valence-electron chi connectivity index (χ4n) is 11.6. The molecule has 0 aromatic heterocycles. The Morgan fingerprint density at radius 1 is 0.521 bits per heavy atom. The van der Waals surface area contributed by atoms with Gasteiger partial charge in [-0.1, -0.05) is 114 Å². The summed E-state index contributed by atoms with van der Waals surface area (Å²) in [4.78, 5) is 185. The molecule has 2 aliphatic heterocycles. The average molecular weight is 1380 g/mol. The van der Waals surface area contributed by atoms with E-state index in [1.165, 1.54) is 77.0 Å². The van der Waals surface area contributed by atoms with Crippen molar-refractivity contribution in [2.45, 2.75) is 155 Å². The Balaban J connectivity index is 1.64. The number of rotatable bonds is 13. The van der Waals surface area contributed by atoms with Crippen LogP contribution in [0.1, 0.15) is 104 Å². The number of likely N-dealkylation sites (N-methyl/N-ethyl adjacent to an activating group) is 7. The molecule has 3 aromatic rings. The first-order valence-corrected chi connectivity index (χ1v) is 33.4. The van der Waals surface area contributed by atoms with Crippen LogP contribution < -0.4 is 21.3 Å². The van der Waals surface area contributed by atoms with Crippen molar-refractivity contribution in [3.8, 4) is 0 Å². The van der Waals surface area contributed by atoms with Crippen molar-refractivity contribution >= 4 is 94.1 Å². The standard InChI is InChI=1S/C69H97Cl2FN12O12/c1-15-43(6)61-69(96)79(10)39-59(87)77(8)40-60(88)81(12)55(35-46-23-25-48(70)26-24-46)67(94)78(9)38-57(85)73-51(33-47-31-49(71)36-50(72)32-47)63(90)74-52(29-41(2)3)65(92)83(14)56(34-45-21-17-16-18-22-45)68(95)82(13)54(30-42(4)5)64(91)75-53(66(93)84-27-19-20-28-84)37-58(86)80(11)44(7)62(89)76-61/h16-18,21-26,31-32,36,41-44,51-56,61H,15,19-20,27-30,33-35,37-40H2,1-14H3,(H,73,85)(H,74,90)(H,75,91)(H,76,89)/t43-,44-,51-,52-,53?,54-,55-,56-,61-/m0/s1. The van der Waals surface area contributed by atoms with Crippen LogP contribution in [0.5, 0.6) is 0 Å². The van der Waals surface area contributed by atoms with Gasteiger partial charge in [-0.2, -0.15) is 0 Å². The molecule has 0 saturated carbocycles. The molecule has 0 aliphatic carbocycles. The van der Waals surface area contributed by atoms with E-state index in [-0.39, 0.29) is 54.5 Å². The predicted molar refractivity (Wildman–Crippen MR) is 362 cm³/mol. The van der Waals surface area contributed by atoms with Crippen LogP contribution in [0, 0.1) is 23.6 Å². The maximum Gasteiger partial charge on any atom is 0.246 e. The Morgan fingerprint density at radius 2 is 1.08 bits per heavy atom. The molecule has 2 heterocycles. The minimum absolute atomic E-state index is 0.00335. The van der Waals surface area contributed by atoms with Gasteiger partial charge in [-0.25, -0.2) is 4.39 Å². The summed E-state index contributed by atoms with van der Waals surface area (Å²) in [7, 11) is 9.50. The van der Waals surface area contributed by atoms with Gasteiger partial charge in [0.05, 0.1) is 26.1 Å². The lowest BCUT2D eigenvalue weighted by molar-refractivity contribution is -0.150. The number of nitrogens with zero attached hydrogens (tertiary/aromatic N) is 8. The van der Waals surface area contributed by atoms with Gasteiger partial charge in [-0.05, 0) is 97.4 Å². The van der Waals surface area contributed by atoms with Gasteiger partial charge in [0, 0.05) is 91.7 Å². The number of hydrogen-bond donors (Lipinski definition) is 4. The molecule has 3 aromatic carbocycles. The lowest BCUT2D eigenvalue weighted by Crippen LogP contribution is -2.61. The fraction of sp³-hybridized carbons (Fsp3) is 0.565. The maximum absolute atomic E-state index is 15.5. The third-order valence-electron chi connectivity index (χ3n) is 17.9. The number of carbonyl (C=O) groups is 12. The molecule has 24 nitrogen and oxygen atoms in total. The van der Waals surface area contributed by atoms with Crippen LogP contribution >= 0.6 is 23.2 Å². The van der Waals surface area contributed by atoms with Crippen molar-refractivity contribution in [1.82, 2.24) is 60.5 Å². The van der Waals surface area contributed by atoms with Crippen LogP contribution in [0.25, 0.3) is 0 Å². The van der Waals surface area contributed by atoms with Gasteiger partial charge in [0.15, 0.2) is 0 Å². The summed E-state index contributed by atoms with van der Waals surface area (Å²) >= 11 is 12.5. The van der Waals surface area contributed by atoms with Crippen LogP contribution in [0.4, 0.5) is 4.39 Å². The second kappa shape index (κ2) is 36.2. The first kappa shape index (κ1) is 78.5. The van der Waals surface area contributed by atoms with Crippen LogP contribution in [-0.4, -0.2) is 240 Å². The van der Waals surface area contributed by atoms with E-state index in [1.54, 1.807) is 82.3 Å². The molecule has 2 aliphatic rings. The first-order chi connectivity index (χ1) is 45.1. The molecule has 12 amide bonds. The summed E-state index contributed by atoms with van der Waals surface area (Å²) in [5, 5.41) is 11.4. The van der Waals surface area contributed by atoms with E-state index >= 15 is 18.8 Å². The lowest BCUT2D eigenvalue weighted by Gasteiger charge is -2.37. The fourth-order valence-corrected chi connectivity index (χ4v) is 11.9. The van der Waals surface area contributed by atoms with Gasteiger partial charge in [0.2, 0.25) is 70.9 Å². The van der Waals surface area contributed by atoms with Gasteiger partial charge >= 0.3 is 0 Å². The summed E-state index contributed by atoms with van der Waals surface area (Å²) in [5.41, 5.74) is 1.37. The van der Waals surface area contributed by atoms with Crippen LogP contribution in [0.3, 0.4) is 0 Å². The van der Waals surface area contributed by atoms with Crippen LogP contribution in [-0.2, 0) is 76.8 Å². The Hall–Kier alpha value is -8.19. The van der Waals surface area contributed by atoms with E-state index in [2.05, 4.69) is 21.3 Å². The van der Waals surface area contributed by atoms with E-state index in [4.69, 9.17) is 23.2 Å². The molecule has 27 heteroatoms. The molecular formula is C69H97Cl2FN12O12. The molecular weight excluding hydrogens is 1280 g/mol. The molecule has 0 radical (unpaired) electrons. The lowest BCUT2D eigenvalue weighted by atomic mass is 9.97. The van der Waals surface area contributed by atoms with E-state index in [0.717, 1.165) is 36.6 Å². The van der Waals surface area contributed by atoms with Crippen molar-refractivity contribution in [2.24, 2.45) is 17.8 Å². The number of amides is 12. The minimum Gasteiger partial charge on any atom is -0.342 e. The molecule has 2 saturated heterocycles. The number of carbonyl (C=O) groups excluding carboxylic acids is 12. The Kier molecular flexibility index (Phi) is 29.6. The number of halogens is 3. The van der Waals surface area contributed by atoms with E-state index < -0.39 is 157 Å². The Labute approximate surface area is 573 Å². The quantitative estimate of drug-likeness (QED) is 0.189. The SMILES string of the molecule is CC[C@H](C)[C@@H]1NC(=O)[C@H](C)N(C)C(=O)CC(C(=O)N2CCCC2)NC(=O)[C@H](CC(C)C)N(C)C(=O)[C@H](Cc2ccccc2)N(C)C(=O)[C@H](CC(C)C)NC(=O)[C@H](Cc2cc(F)cc(Cl)c2)NC(=O)CN(C)C(=O)[C@H](Cc2ccc(Cl)cc2)N(C)C(=O)CN(C)C(=O)CN(C)C1=O. The highest BCUT2D eigenvalue weighted by molar-refractivity contribution is 6.31.